The zero-order valence-corrected chi connectivity index (χ0v) is 17.7. The first-order chi connectivity index (χ1) is 14.1. The molecule has 4 rings (SSSR count). The normalized spacial score (nSPS) is 12.2. The number of benzene rings is 2. The number of nitrogens with zero attached hydrogens (tertiary/aromatic N) is 2. The van der Waals surface area contributed by atoms with E-state index in [1.165, 1.54) is 0 Å². The van der Waals surface area contributed by atoms with Crippen LogP contribution in [0.1, 0.15) is 35.7 Å². The molecule has 0 aliphatic heterocycles. The molecule has 4 nitrogen and oxygen atoms in total. The molecule has 29 heavy (non-hydrogen) atoms. The van der Waals surface area contributed by atoms with Crippen LogP contribution in [0.15, 0.2) is 66.0 Å². The Labute approximate surface area is 179 Å². The van der Waals surface area contributed by atoms with Crippen molar-refractivity contribution in [2.24, 2.45) is 0 Å². The molecule has 0 bridgehead atoms. The number of aromatic nitrogens is 2. The Morgan fingerprint density at radius 1 is 1.14 bits per heavy atom. The van der Waals surface area contributed by atoms with Gasteiger partial charge in [0.2, 0.25) is 5.91 Å². The van der Waals surface area contributed by atoms with Gasteiger partial charge in [-0.3, -0.25) is 4.79 Å². The van der Waals surface area contributed by atoms with E-state index < -0.39 is 0 Å². The van der Waals surface area contributed by atoms with Gasteiger partial charge >= 0.3 is 0 Å². The average Bonchev–Trinajstić information content (AvgIpc) is 3.36. The van der Waals surface area contributed by atoms with Gasteiger partial charge in [-0.05, 0) is 47.7 Å². The van der Waals surface area contributed by atoms with E-state index in [9.17, 15) is 4.79 Å². The number of para-hydroxylation sites is 2. The highest BCUT2D eigenvalue weighted by Crippen LogP contribution is 2.25. The van der Waals surface area contributed by atoms with Crippen molar-refractivity contribution >= 4 is 39.9 Å². The quantitative estimate of drug-likeness (QED) is 0.420. The van der Waals surface area contributed by atoms with Gasteiger partial charge in [0.05, 0.1) is 23.5 Å². The van der Waals surface area contributed by atoms with E-state index in [0.717, 1.165) is 38.7 Å². The highest BCUT2D eigenvalue weighted by Gasteiger charge is 2.21. The molecule has 0 aliphatic carbocycles. The van der Waals surface area contributed by atoms with Crippen molar-refractivity contribution in [1.29, 1.82) is 0 Å². The maximum atomic E-state index is 12.6. The third-order valence-corrected chi connectivity index (χ3v) is 6.04. The molecule has 0 aliphatic rings. The second kappa shape index (κ2) is 8.80. The zero-order chi connectivity index (χ0) is 20.2. The van der Waals surface area contributed by atoms with Gasteiger partial charge in [0.1, 0.15) is 5.82 Å². The van der Waals surface area contributed by atoms with Crippen LogP contribution in [0.2, 0.25) is 5.02 Å². The van der Waals surface area contributed by atoms with Gasteiger partial charge in [-0.1, -0.05) is 48.9 Å². The third kappa shape index (κ3) is 4.52. The Bertz CT molecular complexity index is 1100. The number of rotatable bonds is 7. The smallest absolute Gasteiger partial charge is 0.225 e. The molecule has 1 unspecified atom stereocenters. The van der Waals surface area contributed by atoms with Crippen molar-refractivity contribution in [3.8, 4) is 0 Å². The topological polar surface area (TPSA) is 46.9 Å². The molecule has 0 fully saturated rings. The minimum absolute atomic E-state index is 0.0180. The molecule has 0 saturated heterocycles. The fraction of sp³-hybridized carbons (Fsp3) is 0.217. The number of hydrogen-bond acceptors (Lipinski definition) is 3. The lowest BCUT2D eigenvalue weighted by Crippen LogP contribution is -2.31. The van der Waals surface area contributed by atoms with Crippen molar-refractivity contribution in [2.75, 3.05) is 0 Å². The molecule has 4 aromatic rings. The molecule has 1 atom stereocenters. The predicted octanol–water partition coefficient (Wildman–Crippen LogP) is 5.61. The monoisotopic (exact) mass is 423 g/mol. The first kappa shape index (κ1) is 19.7. The van der Waals surface area contributed by atoms with Crippen molar-refractivity contribution in [1.82, 2.24) is 14.9 Å². The van der Waals surface area contributed by atoms with E-state index in [0.29, 0.717) is 13.0 Å². The largest absolute Gasteiger partial charge is 0.346 e. The van der Waals surface area contributed by atoms with Crippen LogP contribution in [0.3, 0.4) is 0 Å². The standard InChI is InChI=1S/C23H22ClN3OS/c1-2-19(25-22(28)14-18-6-5-13-29-18)23-26-20-7-3-4-8-21(20)27(23)15-16-9-11-17(24)12-10-16/h3-13,19H,2,14-15H2,1H3,(H,25,28). The molecule has 0 saturated carbocycles. The Morgan fingerprint density at radius 3 is 2.66 bits per heavy atom. The summed E-state index contributed by atoms with van der Waals surface area (Å²) in [6.45, 7) is 2.74. The Morgan fingerprint density at radius 2 is 1.93 bits per heavy atom. The molecule has 2 aromatic heterocycles. The summed E-state index contributed by atoms with van der Waals surface area (Å²) < 4.78 is 2.19. The van der Waals surface area contributed by atoms with Crippen LogP contribution in [-0.4, -0.2) is 15.5 Å². The number of hydrogen-bond donors (Lipinski definition) is 1. The lowest BCUT2D eigenvalue weighted by molar-refractivity contribution is -0.121. The summed E-state index contributed by atoms with van der Waals surface area (Å²) in [6.07, 6.45) is 1.16. The Hall–Kier alpha value is -2.63. The summed E-state index contributed by atoms with van der Waals surface area (Å²) in [5.41, 5.74) is 3.13. The minimum Gasteiger partial charge on any atom is -0.346 e. The second-order valence-electron chi connectivity index (χ2n) is 6.96. The Kier molecular flexibility index (Phi) is 5.97. The van der Waals surface area contributed by atoms with Crippen LogP contribution in [-0.2, 0) is 17.8 Å². The number of fused-ring (bicyclic) bond motifs is 1. The minimum atomic E-state index is -0.151. The van der Waals surface area contributed by atoms with Crippen LogP contribution in [0, 0.1) is 0 Å². The molecule has 148 valence electrons. The summed E-state index contributed by atoms with van der Waals surface area (Å²) in [6, 6.07) is 19.7. The summed E-state index contributed by atoms with van der Waals surface area (Å²) >= 11 is 7.64. The number of amides is 1. The first-order valence-electron chi connectivity index (χ1n) is 9.65. The van der Waals surface area contributed by atoms with Crippen LogP contribution in [0.4, 0.5) is 0 Å². The van der Waals surface area contributed by atoms with Gasteiger partial charge in [-0.25, -0.2) is 4.98 Å². The summed E-state index contributed by atoms with van der Waals surface area (Å²) in [4.78, 5) is 18.6. The predicted molar refractivity (Wildman–Crippen MR) is 119 cm³/mol. The zero-order valence-electron chi connectivity index (χ0n) is 16.1. The second-order valence-corrected chi connectivity index (χ2v) is 8.42. The van der Waals surface area contributed by atoms with E-state index in [1.807, 2.05) is 60.0 Å². The van der Waals surface area contributed by atoms with E-state index in [-0.39, 0.29) is 11.9 Å². The van der Waals surface area contributed by atoms with Crippen LogP contribution in [0.5, 0.6) is 0 Å². The highest BCUT2D eigenvalue weighted by atomic mass is 35.5. The van der Waals surface area contributed by atoms with Crippen LogP contribution in [0.25, 0.3) is 11.0 Å². The van der Waals surface area contributed by atoms with E-state index in [2.05, 4.69) is 22.9 Å². The van der Waals surface area contributed by atoms with Crippen molar-refractivity contribution in [2.45, 2.75) is 32.4 Å². The molecule has 2 heterocycles. The summed E-state index contributed by atoms with van der Waals surface area (Å²) in [7, 11) is 0. The number of nitrogens with one attached hydrogen (secondary N) is 1. The van der Waals surface area contributed by atoms with Gasteiger partial charge in [0, 0.05) is 16.4 Å². The van der Waals surface area contributed by atoms with Gasteiger partial charge in [0.25, 0.3) is 0 Å². The lowest BCUT2D eigenvalue weighted by Gasteiger charge is -2.19. The number of carbonyl (C=O) groups excluding carboxylic acids is 1. The molecule has 0 radical (unpaired) electrons. The molecule has 0 spiro atoms. The number of carbonyl (C=O) groups is 1. The molecule has 2 aromatic carbocycles. The number of imidazole rings is 1. The van der Waals surface area contributed by atoms with Gasteiger partial charge in [-0.2, -0.15) is 0 Å². The molecule has 1 N–H and O–H groups in total. The molecular weight excluding hydrogens is 402 g/mol. The third-order valence-electron chi connectivity index (χ3n) is 4.91. The van der Waals surface area contributed by atoms with Gasteiger partial charge in [-0.15, -0.1) is 11.3 Å². The van der Waals surface area contributed by atoms with Crippen molar-refractivity contribution in [3.05, 3.63) is 87.3 Å². The molecular formula is C23H22ClN3OS. The fourth-order valence-electron chi connectivity index (χ4n) is 3.46. The van der Waals surface area contributed by atoms with Crippen molar-refractivity contribution < 1.29 is 4.79 Å². The van der Waals surface area contributed by atoms with Crippen LogP contribution >= 0.6 is 22.9 Å². The number of halogens is 1. The fourth-order valence-corrected chi connectivity index (χ4v) is 4.29. The first-order valence-corrected chi connectivity index (χ1v) is 10.9. The average molecular weight is 424 g/mol. The highest BCUT2D eigenvalue weighted by molar-refractivity contribution is 7.10. The van der Waals surface area contributed by atoms with E-state index >= 15 is 0 Å². The van der Waals surface area contributed by atoms with E-state index in [1.54, 1.807) is 11.3 Å². The number of thiophene rings is 1. The summed E-state index contributed by atoms with van der Waals surface area (Å²) in [5, 5.41) is 5.89. The van der Waals surface area contributed by atoms with E-state index in [4.69, 9.17) is 16.6 Å². The van der Waals surface area contributed by atoms with Gasteiger partial charge in [0.15, 0.2) is 0 Å². The maximum Gasteiger partial charge on any atom is 0.225 e. The Balaban J connectivity index is 1.65. The maximum absolute atomic E-state index is 12.6. The van der Waals surface area contributed by atoms with Crippen LogP contribution < -0.4 is 5.32 Å². The van der Waals surface area contributed by atoms with Crippen molar-refractivity contribution in [3.63, 3.8) is 0 Å². The summed E-state index contributed by atoms with van der Waals surface area (Å²) in [5.74, 6) is 0.896. The molecule has 1 amide bonds. The molecule has 6 heteroatoms. The van der Waals surface area contributed by atoms with Gasteiger partial charge < -0.3 is 9.88 Å². The lowest BCUT2D eigenvalue weighted by atomic mass is 10.1. The SMILES string of the molecule is CCC(NC(=O)Cc1cccs1)c1nc2ccccc2n1Cc1ccc(Cl)cc1.